The van der Waals surface area contributed by atoms with E-state index in [-0.39, 0.29) is 37.4 Å². The third kappa shape index (κ3) is 4.40. The van der Waals surface area contributed by atoms with Crippen molar-refractivity contribution in [1.82, 2.24) is 10.2 Å². The fourth-order valence-corrected chi connectivity index (χ4v) is 5.23. The van der Waals surface area contributed by atoms with Crippen LogP contribution in [0.5, 0.6) is 0 Å². The second-order valence-electron chi connectivity index (χ2n) is 10.4. The molecule has 1 aliphatic carbocycles. The van der Waals surface area contributed by atoms with E-state index in [1.807, 2.05) is 38.1 Å². The van der Waals surface area contributed by atoms with E-state index in [4.69, 9.17) is 4.74 Å². The maximum absolute atomic E-state index is 13.3. The van der Waals surface area contributed by atoms with Gasteiger partial charge in [0.05, 0.1) is 10.8 Å². The molecule has 2 aliphatic rings. The lowest BCUT2D eigenvalue weighted by Gasteiger charge is -2.32. The third-order valence-corrected chi connectivity index (χ3v) is 8.14. The number of aliphatic carboxylic acids is 1. The highest BCUT2D eigenvalue weighted by molar-refractivity contribution is 5.85. The summed E-state index contributed by atoms with van der Waals surface area (Å²) in [6.07, 6.45) is -0.0612. The molecule has 0 spiro atoms. The molecule has 2 aromatic carbocycles. The molecule has 7 heteroatoms. The van der Waals surface area contributed by atoms with E-state index in [2.05, 4.69) is 29.6 Å². The predicted octanol–water partition coefficient (Wildman–Crippen LogP) is 4.51. The molecule has 3 unspecified atom stereocenters. The number of ether oxygens (including phenoxy) is 1. The van der Waals surface area contributed by atoms with Crippen molar-refractivity contribution in [3.8, 4) is 11.1 Å². The number of hydrogen-bond acceptors (Lipinski definition) is 4. The monoisotopic (exact) mass is 478 g/mol. The van der Waals surface area contributed by atoms with Crippen LogP contribution in [0.25, 0.3) is 11.1 Å². The number of nitrogens with zero attached hydrogens (tertiary/aromatic N) is 1. The van der Waals surface area contributed by atoms with E-state index in [0.717, 1.165) is 22.3 Å². The summed E-state index contributed by atoms with van der Waals surface area (Å²) in [5.74, 6) is -1.22. The first-order valence-electron chi connectivity index (χ1n) is 12.2. The third-order valence-electron chi connectivity index (χ3n) is 8.14. The van der Waals surface area contributed by atoms with Gasteiger partial charge in [-0.05, 0) is 48.4 Å². The lowest BCUT2D eigenvalue weighted by Crippen LogP contribution is -2.48. The van der Waals surface area contributed by atoms with Crippen LogP contribution < -0.4 is 5.32 Å². The number of carboxylic acid groups (broad SMARTS) is 1. The molecule has 1 saturated heterocycles. The average Bonchev–Trinajstić information content (AvgIpc) is 3.35. The second-order valence-corrected chi connectivity index (χ2v) is 10.4. The van der Waals surface area contributed by atoms with E-state index in [0.29, 0.717) is 13.0 Å². The van der Waals surface area contributed by atoms with Crippen LogP contribution in [0, 0.1) is 16.7 Å². The summed E-state index contributed by atoms with van der Waals surface area (Å²) in [5.41, 5.74) is 2.78. The molecule has 0 radical (unpaired) electrons. The van der Waals surface area contributed by atoms with Gasteiger partial charge in [0.1, 0.15) is 6.61 Å². The molecule has 0 bridgehead atoms. The van der Waals surface area contributed by atoms with Gasteiger partial charge in [-0.25, -0.2) is 4.79 Å². The Morgan fingerprint density at radius 1 is 1.11 bits per heavy atom. The Balaban J connectivity index is 1.37. The predicted molar refractivity (Wildman–Crippen MR) is 133 cm³/mol. The summed E-state index contributed by atoms with van der Waals surface area (Å²) >= 11 is 0. The van der Waals surface area contributed by atoms with Gasteiger partial charge in [0.15, 0.2) is 0 Å². The molecule has 35 heavy (non-hydrogen) atoms. The van der Waals surface area contributed by atoms with Gasteiger partial charge in [-0.1, -0.05) is 62.4 Å². The maximum atomic E-state index is 13.3. The van der Waals surface area contributed by atoms with Gasteiger partial charge in [-0.15, -0.1) is 0 Å². The standard InChI is InChI=1S/C28H34N2O5/c1-5-27(3,24(31)30-14-18(2)28(4,17-30)25(32)33)16-29-26(34)35-15-23-21-12-8-6-10-19(21)20-11-7-9-13-22(20)23/h6-13,18,23H,5,14-17H2,1-4H3,(H,29,34)(H,32,33). The van der Waals surface area contributed by atoms with Gasteiger partial charge in [-0.3, -0.25) is 9.59 Å². The first-order valence-corrected chi connectivity index (χ1v) is 12.2. The molecule has 3 atom stereocenters. The number of rotatable bonds is 7. The van der Waals surface area contributed by atoms with Gasteiger partial charge in [0.25, 0.3) is 0 Å². The van der Waals surface area contributed by atoms with Crippen LogP contribution >= 0.6 is 0 Å². The van der Waals surface area contributed by atoms with Crippen molar-refractivity contribution in [3.05, 3.63) is 59.7 Å². The summed E-state index contributed by atoms with van der Waals surface area (Å²) in [6.45, 7) is 8.13. The number of fused-ring (bicyclic) bond motifs is 3. The topological polar surface area (TPSA) is 95.9 Å². The van der Waals surface area contributed by atoms with E-state index in [1.54, 1.807) is 18.7 Å². The summed E-state index contributed by atoms with van der Waals surface area (Å²) in [4.78, 5) is 39.4. The van der Waals surface area contributed by atoms with Gasteiger partial charge in [0.2, 0.25) is 5.91 Å². The number of alkyl carbamates (subject to hydrolysis) is 1. The number of likely N-dealkylation sites (tertiary alicyclic amines) is 1. The Bertz CT molecular complexity index is 1100. The van der Waals surface area contributed by atoms with Crippen molar-refractivity contribution < 1.29 is 24.2 Å². The molecule has 0 saturated carbocycles. The van der Waals surface area contributed by atoms with Gasteiger partial charge in [0, 0.05) is 25.6 Å². The lowest BCUT2D eigenvalue weighted by molar-refractivity contribution is -0.149. The molecule has 2 amide bonds. The maximum Gasteiger partial charge on any atom is 0.407 e. The van der Waals surface area contributed by atoms with Crippen molar-refractivity contribution >= 4 is 18.0 Å². The van der Waals surface area contributed by atoms with Gasteiger partial charge >= 0.3 is 12.1 Å². The number of amides is 2. The average molecular weight is 479 g/mol. The summed E-state index contributed by atoms with van der Waals surface area (Å²) in [5, 5.41) is 12.4. The largest absolute Gasteiger partial charge is 0.481 e. The molecule has 0 aromatic heterocycles. The van der Waals surface area contributed by atoms with Crippen molar-refractivity contribution in [3.63, 3.8) is 0 Å². The molecule has 1 fully saturated rings. The minimum absolute atomic E-state index is 0.0351. The molecule has 2 aromatic rings. The van der Waals surface area contributed by atoms with Crippen LogP contribution in [0.1, 0.15) is 51.2 Å². The number of hydrogen-bond donors (Lipinski definition) is 2. The highest BCUT2D eigenvalue weighted by atomic mass is 16.5. The number of nitrogens with one attached hydrogen (secondary N) is 1. The molecule has 2 N–H and O–H groups in total. The van der Waals surface area contributed by atoms with E-state index in [1.165, 1.54) is 0 Å². The molecule has 1 aliphatic heterocycles. The number of carboxylic acids is 1. The minimum atomic E-state index is -0.968. The van der Waals surface area contributed by atoms with Crippen molar-refractivity contribution in [2.75, 3.05) is 26.2 Å². The zero-order valence-corrected chi connectivity index (χ0v) is 20.8. The molecular weight excluding hydrogens is 444 g/mol. The fraction of sp³-hybridized carbons (Fsp3) is 0.464. The highest BCUT2D eigenvalue weighted by Crippen LogP contribution is 2.44. The Labute approximate surface area is 206 Å². The van der Waals surface area contributed by atoms with Crippen molar-refractivity contribution in [2.45, 2.75) is 40.0 Å². The van der Waals surface area contributed by atoms with Crippen LogP contribution in [-0.4, -0.2) is 54.2 Å². The SMILES string of the molecule is CCC(C)(CNC(=O)OCC1c2ccccc2-c2ccccc21)C(=O)N1CC(C)C(C)(C(=O)O)C1. The van der Waals surface area contributed by atoms with E-state index in [9.17, 15) is 19.5 Å². The van der Waals surface area contributed by atoms with Gasteiger partial charge in [-0.2, -0.15) is 0 Å². The Morgan fingerprint density at radius 2 is 1.69 bits per heavy atom. The fourth-order valence-electron chi connectivity index (χ4n) is 5.23. The molecule has 1 heterocycles. The lowest BCUT2D eigenvalue weighted by atomic mass is 9.81. The van der Waals surface area contributed by atoms with E-state index < -0.39 is 22.9 Å². The minimum Gasteiger partial charge on any atom is -0.481 e. The Hall–Kier alpha value is -3.35. The van der Waals surface area contributed by atoms with Crippen LogP contribution in [0.2, 0.25) is 0 Å². The number of carbonyl (C=O) groups excluding carboxylic acids is 2. The Kier molecular flexibility index (Phi) is 6.62. The van der Waals surface area contributed by atoms with E-state index >= 15 is 0 Å². The molecule has 4 rings (SSSR count). The highest BCUT2D eigenvalue weighted by Gasteiger charge is 2.50. The Morgan fingerprint density at radius 3 is 2.20 bits per heavy atom. The molecule has 186 valence electrons. The number of carbonyl (C=O) groups is 3. The van der Waals surface area contributed by atoms with Gasteiger partial charge < -0.3 is 20.1 Å². The van der Waals surface area contributed by atoms with Crippen molar-refractivity contribution in [2.24, 2.45) is 16.7 Å². The summed E-state index contributed by atoms with van der Waals surface area (Å²) < 4.78 is 5.61. The second kappa shape index (κ2) is 9.36. The summed E-state index contributed by atoms with van der Waals surface area (Å²) in [6, 6.07) is 16.3. The summed E-state index contributed by atoms with van der Waals surface area (Å²) in [7, 11) is 0. The van der Waals surface area contributed by atoms with Crippen LogP contribution in [0.15, 0.2) is 48.5 Å². The first-order chi connectivity index (χ1) is 16.6. The molecular formula is C28H34N2O5. The zero-order valence-electron chi connectivity index (χ0n) is 20.8. The number of benzene rings is 2. The zero-order chi connectivity index (χ0) is 25.4. The van der Waals surface area contributed by atoms with Crippen LogP contribution in [-0.2, 0) is 14.3 Å². The first kappa shape index (κ1) is 24.8. The van der Waals surface area contributed by atoms with Crippen LogP contribution in [0.4, 0.5) is 4.79 Å². The quantitative estimate of drug-likeness (QED) is 0.610. The van der Waals surface area contributed by atoms with Crippen molar-refractivity contribution in [1.29, 1.82) is 0 Å². The molecule has 7 nitrogen and oxygen atoms in total. The normalized spacial score (nSPS) is 22.7. The van der Waals surface area contributed by atoms with Crippen LogP contribution in [0.3, 0.4) is 0 Å². The smallest absolute Gasteiger partial charge is 0.407 e.